The second-order valence-electron chi connectivity index (χ2n) is 7.10. The minimum atomic E-state index is -3.93. The largest absolute Gasteiger partial charge is 0.403 e. The fourth-order valence-electron chi connectivity index (χ4n) is 3.09. The van der Waals surface area contributed by atoms with Gasteiger partial charge in [0.05, 0.1) is 26.6 Å². The van der Waals surface area contributed by atoms with Crippen molar-refractivity contribution in [1.29, 1.82) is 0 Å². The molecule has 174 valence electrons. The van der Waals surface area contributed by atoms with Crippen molar-refractivity contribution in [3.05, 3.63) is 84.4 Å². The van der Waals surface area contributed by atoms with Gasteiger partial charge in [-0.2, -0.15) is 0 Å². The first-order chi connectivity index (χ1) is 16.1. The molecule has 1 aromatic heterocycles. The Hall–Kier alpha value is -4.03. The minimum absolute atomic E-state index is 0.00260. The molecule has 34 heavy (non-hydrogen) atoms. The number of nitrogens with one attached hydrogen (secondary N) is 2. The van der Waals surface area contributed by atoms with E-state index in [2.05, 4.69) is 20.2 Å². The molecule has 0 spiro atoms. The molecule has 1 amide bonds. The van der Waals surface area contributed by atoms with Gasteiger partial charge < -0.3 is 4.42 Å². The van der Waals surface area contributed by atoms with Gasteiger partial charge in [-0.25, -0.2) is 16.8 Å². The lowest BCUT2D eigenvalue weighted by molar-refractivity contribution is 0.102. The zero-order valence-electron chi connectivity index (χ0n) is 17.7. The number of benzene rings is 3. The summed E-state index contributed by atoms with van der Waals surface area (Å²) < 4.78 is 57.3. The number of carbonyl (C=O) groups excluding carboxylic acids is 1. The van der Waals surface area contributed by atoms with Crippen molar-refractivity contribution in [3.8, 4) is 11.5 Å². The SMILES string of the molecule is CS(=O)(=O)c1ccccc1-c1nnc(NC(=O)c2ccccc2NS(=O)(=O)c2ccccc2)o1. The van der Waals surface area contributed by atoms with E-state index >= 15 is 0 Å². The third-order valence-corrected chi connectivity index (χ3v) is 7.17. The van der Waals surface area contributed by atoms with Crippen LogP contribution >= 0.6 is 0 Å². The molecular weight excluding hydrogens is 480 g/mol. The van der Waals surface area contributed by atoms with Crippen LogP contribution in [0, 0.1) is 0 Å². The monoisotopic (exact) mass is 498 g/mol. The molecule has 0 saturated carbocycles. The summed E-state index contributed by atoms with van der Waals surface area (Å²) in [5.74, 6) is -0.813. The van der Waals surface area contributed by atoms with Gasteiger partial charge in [0.1, 0.15) is 0 Å². The first kappa shape index (κ1) is 23.1. The molecule has 1 heterocycles. The van der Waals surface area contributed by atoms with E-state index in [0.717, 1.165) is 6.26 Å². The third kappa shape index (κ3) is 4.97. The van der Waals surface area contributed by atoms with E-state index in [4.69, 9.17) is 4.42 Å². The summed E-state index contributed by atoms with van der Waals surface area (Å²) in [5.41, 5.74) is 0.248. The Morgan fingerprint density at radius 1 is 0.824 bits per heavy atom. The van der Waals surface area contributed by atoms with Crippen LogP contribution in [0.1, 0.15) is 10.4 Å². The number of aromatic nitrogens is 2. The van der Waals surface area contributed by atoms with Crippen molar-refractivity contribution in [2.75, 3.05) is 16.3 Å². The molecule has 0 atom stereocenters. The topological polar surface area (TPSA) is 148 Å². The van der Waals surface area contributed by atoms with E-state index < -0.39 is 25.8 Å². The van der Waals surface area contributed by atoms with Gasteiger partial charge in [-0.05, 0) is 36.4 Å². The Balaban J connectivity index is 1.59. The van der Waals surface area contributed by atoms with Gasteiger partial charge in [-0.1, -0.05) is 47.6 Å². The zero-order chi connectivity index (χ0) is 24.3. The Kier molecular flexibility index (Phi) is 6.18. The Morgan fingerprint density at radius 3 is 2.21 bits per heavy atom. The lowest BCUT2D eigenvalue weighted by atomic mass is 10.2. The Bertz CT molecular complexity index is 1570. The molecule has 0 aliphatic heterocycles. The van der Waals surface area contributed by atoms with Gasteiger partial charge >= 0.3 is 6.01 Å². The van der Waals surface area contributed by atoms with Crippen LogP contribution in [-0.2, 0) is 19.9 Å². The van der Waals surface area contributed by atoms with Crippen LogP contribution in [0.25, 0.3) is 11.5 Å². The number of para-hydroxylation sites is 1. The van der Waals surface area contributed by atoms with Crippen molar-refractivity contribution < 1.29 is 26.0 Å². The molecule has 0 aliphatic carbocycles. The first-order valence-electron chi connectivity index (χ1n) is 9.76. The summed E-state index contributed by atoms with van der Waals surface area (Å²) in [6.07, 6.45) is 1.05. The molecule has 0 aliphatic rings. The average Bonchev–Trinajstić information content (AvgIpc) is 3.27. The van der Waals surface area contributed by atoms with Crippen LogP contribution in [-0.4, -0.2) is 39.2 Å². The quantitative estimate of drug-likeness (QED) is 0.395. The number of carbonyl (C=O) groups is 1. The van der Waals surface area contributed by atoms with Crippen LogP contribution in [0.2, 0.25) is 0 Å². The highest BCUT2D eigenvalue weighted by atomic mass is 32.2. The zero-order valence-corrected chi connectivity index (χ0v) is 19.3. The molecular formula is C22H18N4O6S2. The predicted molar refractivity (Wildman–Crippen MR) is 124 cm³/mol. The normalized spacial score (nSPS) is 11.7. The number of rotatable bonds is 7. The van der Waals surface area contributed by atoms with Crippen LogP contribution in [0.15, 0.2) is 93.1 Å². The summed E-state index contributed by atoms with van der Waals surface area (Å²) in [6.45, 7) is 0. The smallest absolute Gasteiger partial charge is 0.322 e. The lowest BCUT2D eigenvalue weighted by Crippen LogP contribution is -2.18. The summed E-state index contributed by atoms with van der Waals surface area (Å²) in [5, 5.41) is 9.98. The highest BCUT2D eigenvalue weighted by molar-refractivity contribution is 7.92. The molecule has 0 radical (unpaired) electrons. The number of amides is 1. The highest BCUT2D eigenvalue weighted by Gasteiger charge is 2.22. The summed E-state index contributed by atoms with van der Waals surface area (Å²) in [4.78, 5) is 12.9. The summed E-state index contributed by atoms with van der Waals surface area (Å²) in [6, 6.07) is 19.5. The predicted octanol–water partition coefficient (Wildman–Crippen LogP) is 3.19. The number of nitrogens with zero attached hydrogens (tertiary/aromatic N) is 2. The number of hydrogen-bond acceptors (Lipinski definition) is 8. The first-order valence-corrected chi connectivity index (χ1v) is 13.1. The van der Waals surface area contributed by atoms with E-state index in [-0.39, 0.29) is 38.5 Å². The Labute approximate surface area is 195 Å². The van der Waals surface area contributed by atoms with Crippen molar-refractivity contribution >= 4 is 37.5 Å². The van der Waals surface area contributed by atoms with Gasteiger partial charge in [0.25, 0.3) is 21.8 Å². The Morgan fingerprint density at radius 2 is 1.47 bits per heavy atom. The fraction of sp³-hybridized carbons (Fsp3) is 0.0455. The van der Waals surface area contributed by atoms with Crippen molar-refractivity contribution in [2.45, 2.75) is 9.79 Å². The van der Waals surface area contributed by atoms with E-state index in [1.807, 2.05) is 0 Å². The fourth-order valence-corrected chi connectivity index (χ4v) is 5.07. The lowest BCUT2D eigenvalue weighted by Gasteiger charge is -2.11. The van der Waals surface area contributed by atoms with Crippen LogP contribution in [0.3, 0.4) is 0 Å². The highest BCUT2D eigenvalue weighted by Crippen LogP contribution is 2.28. The maximum atomic E-state index is 12.9. The number of sulfonamides is 1. The van der Waals surface area contributed by atoms with Crippen LogP contribution in [0.5, 0.6) is 0 Å². The molecule has 12 heteroatoms. The molecule has 0 fully saturated rings. The standard InChI is InChI=1S/C22H18N4O6S2/c1-33(28,29)19-14-8-6-12-17(19)21-24-25-22(32-21)23-20(27)16-11-5-7-13-18(16)26-34(30,31)15-9-3-2-4-10-15/h2-14,26H,1H3,(H,23,25,27). The van der Waals surface area contributed by atoms with Crippen molar-refractivity contribution in [1.82, 2.24) is 10.2 Å². The molecule has 4 rings (SSSR count). The summed E-state index contributed by atoms with van der Waals surface area (Å²) in [7, 11) is -7.50. The number of hydrogen-bond donors (Lipinski definition) is 2. The van der Waals surface area contributed by atoms with E-state index in [9.17, 15) is 21.6 Å². The molecule has 4 aromatic rings. The van der Waals surface area contributed by atoms with Crippen molar-refractivity contribution in [3.63, 3.8) is 0 Å². The number of anilines is 2. The van der Waals surface area contributed by atoms with Gasteiger partial charge in [-0.15, -0.1) is 5.10 Å². The average molecular weight is 499 g/mol. The molecule has 10 nitrogen and oxygen atoms in total. The third-order valence-electron chi connectivity index (χ3n) is 4.63. The van der Waals surface area contributed by atoms with Gasteiger partial charge in [0.2, 0.25) is 0 Å². The van der Waals surface area contributed by atoms with Crippen LogP contribution < -0.4 is 10.0 Å². The number of sulfone groups is 1. The minimum Gasteiger partial charge on any atom is -0.403 e. The van der Waals surface area contributed by atoms with Crippen molar-refractivity contribution in [2.24, 2.45) is 0 Å². The summed E-state index contributed by atoms with van der Waals surface area (Å²) >= 11 is 0. The van der Waals surface area contributed by atoms with Crippen LogP contribution in [0.4, 0.5) is 11.7 Å². The second kappa shape index (κ2) is 9.08. The molecule has 0 unspecified atom stereocenters. The van der Waals surface area contributed by atoms with Gasteiger partial charge in [0.15, 0.2) is 9.84 Å². The van der Waals surface area contributed by atoms with Gasteiger partial charge in [0, 0.05) is 6.26 Å². The van der Waals surface area contributed by atoms with E-state index in [0.29, 0.717) is 0 Å². The van der Waals surface area contributed by atoms with E-state index in [1.165, 1.54) is 36.4 Å². The maximum absolute atomic E-state index is 12.9. The molecule has 0 bridgehead atoms. The van der Waals surface area contributed by atoms with Gasteiger partial charge in [-0.3, -0.25) is 14.8 Å². The second-order valence-corrected chi connectivity index (χ2v) is 10.8. The molecule has 3 aromatic carbocycles. The molecule has 0 saturated heterocycles. The maximum Gasteiger partial charge on any atom is 0.322 e. The molecule has 2 N–H and O–H groups in total. The van der Waals surface area contributed by atoms with E-state index in [1.54, 1.807) is 42.5 Å².